The number of imide groups is 1. The highest BCUT2D eigenvalue weighted by Gasteiger charge is 2.69. The van der Waals surface area contributed by atoms with Gasteiger partial charge in [-0.25, -0.2) is 4.98 Å². The lowest BCUT2D eigenvalue weighted by Crippen LogP contribution is -2.65. The highest BCUT2D eigenvalue weighted by atomic mass is 16.7. The van der Waals surface area contributed by atoms with Crippen LogP contribution in [0.5, 0.6) is 0 Å². The van der Waals surface area contributed by atoms with E-state index in [1.807, 2.05) is 30.3 Å². The van der Waals surface area contributed by atoms with Gasteiger partial charge in [0.2, 0.25) is 5.91 Å². The first kappa shape index (κ1) is 27.0. The number of hydrogen-bond acceptors (Lipinski definition) is 7. The summed E-state index contributed by atoms with van der Waals surface area (Å²) in [5, 5.41) is 0. The molecular formula is C29H39BN4O4. The Kier molecular flexibility index (Phi) is 7.22. The van der Waals surface area contributed by atoms with Crippen LogP contribution in [-0.4, -0.2) is 57.5 Å². The van der Waals surface area contributed by atoms with Gasteiger partial charge < -0.3 is 15.0 Å². The van der Waals surface area contributed by atoms with Crippen LogP contribution in [0.4, 0.5) is 0 Å². The molecule has 8 nitrogen and oxygen atoms in total. The summed E-state index contributed by atoms with van der Waals surface area (Å²) in [5.41, 5.74) is 7.21. The van der Waals surface area contributed by atoms with Gasteiger partial charge in [0, 0.05) is 12.4 Å². The van der Waals surface area contributed by atoms with Crippen molar-refractivity contribution < 1.29 is 18.9 Å². The van der Waals surface area contributed by atoms with Crippen LogP contribution in [0.15, 0.2) is 48.9 Å². The van der Waals surface area contributed by atoms with Crippen LogP contribution in [0.1, 0.15) is 69.9 Å². The Hall–Kier alpha value is -2.62. The molecule has 0 radical (unpaired) electrons. The van der Waals surface area contributed by atoms with E-state index in [4.69, 9.17) is 15.0 Å². The molecule has 2 heterocycles. The molecular weight excluding hydrogens is 479 g/mol. The van der Waals surface area contributed by atoms with Crippen molar-refractivity contribution in [3.05, 3.63) is 60.2 Å². The number of carbonyl (C=O) groups excluding carboxylic acids is 2. The second-order valence-electron chi connectivity index (χ2n) is 12.4. The average Bonchev–Trinajstić information content (AvgIpc) is 3.26. The van der Waals surface area contributed by atoms with Gasteiger partial charge in [0.1, 0.15) is 5.69 Å². The van der Waals surface area contributed by atoms with Crippen LogP contribution in [-0.2, 0) is 20.5 Å². The van der Waals surface area contributed by atoms with E-state index in [0.717, 1.165) is 18.4 Å². The van der Waals surface area contributed by atoms with E-state index in [1.165, 1.54) is 23.5 Å². The molecule has 1 aromatic carbocycles. The second-order valence-corrected chi connectivity index (χ2v) is 12.4. The van der Waals surface area contributed by atoms with Crippen molar-refractivity contribution in [1.82, 2.24) is 14.9 Å². The van der Waals surface area contributed by atoms with Gasteiger partial charge in [0.15, 0.2) is 0 Å². The fraction of sp³-hybridized carbons (Fsp3) is 0.586. The summed E-state index contributed by atoms with van der Waals surface area (Å²) in [6.45, 7) is 10.9. The molecule has 2 N–H and O–H groups in total. The molecule has 0 spiro atoms. The highest BCUT2D eigenvalue weighted by molar-refractivity contribution is 6.48. The molecule has 9 heteroatoms. The van der Waals surface area contributed by atoms with E-state index in [-0.39, 0.29) is 23.1 Å². The third-order valence-electron chi connectivity index (χ3n) is 9.18. The summed E-state index contributed by atoms with van der Waals surface area (Å²) in [7, 11) is -0.740. The maximum Gasteiger partial charge on any atom is 0.482 e. The van der Waals surface area contributed by atoms with Gasteiger partial charge in [-0.05, 0) is 61.3 Å². The molecule has 202 valence electrons. The van der Waals surface area contributed by atoms with Crippen molar-refractivity contribution in [2.45, 2.75) is 84.0 Å². The van der Waals surface area contributed by atoms with Crippen LogP contribution in [0.2, 0.25) is 0 Å². The van der Waals surface area contributed by atoms with Crippen molar-refractivity contribution >= 4 is 18.9 Å². The van der Waals surface area contributed by atoms with E-state index in [9.17, 15) is 9.59 Å². The number of nitrogens with two attached hydrogens (primary N) is 1. The summed E-state index contributed by atoms with van der Waals surface area (Å²) in [6.07, 6.45) is 7.12. The molecule has 6 atom stereocenters. The van der Waals surface area contributed by atoms with E-state index < -0.39 is 36.5 Å². The van der Waals surface area contributed by atoms with E-state index in [2.05, 4.69) is 44.6 Å². The lowest BCUT2D eigenvalue weighted by Gasteiger charge is -2.64. The fourth-order valence-electron chi connectivity index (χ4n) is 6.97. The zero-order valence-electron chi connectivity index (χ0n) is 23.0. The number of benzene rings is 1. The van der Waals surface area contributed by atoms with Crippen LogP contribution in [0, 0.1) is 23.2 Å². The first-order valence-electron chi connectivity index (χ1n) is 13.8. The number of carbonyl (C=O) groups is 2. The molecule has 1 saturated heterocycles. The van der Waals surface area contributed by atoms with E-state index >= 15 is 0 Å². The minimum Gasteiger partial charge on any atom is -0.404 e. The van der Waals surface area contributed by atoms with Crippen molar-refractivity contribution in [3.63, 3.8) is 0 Å². The molecule has 2 bridgehead atoms. The van der Waals surface area contributed by atoms with Crippen molar-refractivity contribution in [3.8, 4) is 0 Å². The molecule has 2 aromatic rings. The van der Waals surface area contributed by atoms with Crippen LogP contribution >= 0.6 is 0 Å². The zero-order valence-corrected chi connectivity index (χ0v) is 23.0. The molecule has 1 aromatic heterocycles. The van der Waals surface area contributed by atoms with Crippen LogP contribution in [0.25, 0.3) is 0 Å². The van der Waals surface area contributed by atoms with Gasteiger partial charge in [-0.15, -0.1) is 0 Å². The SMILES string of the molecule is CC(C)C[C@@H](B1O[C@@H]2C[C@@H]3C[C@@H](C3(C)C)[C@]2(C)O1)N(C(=O)c1cnccn1)C(=O)[C@@H](N)Cc1ccccc1. The predicted octanol–water partition coefficient (Wildman–Crippen LogP) is 3.70. The third kappa shape index (κ3) is 4.69. The minimum atomic E-state index is -0.918. The molecule has 0 unspecified atom stereocenters. The minimum absolute atomic E-state index is 0.0690. The monoisotopic (exact) mass is 518 g/mol. The fourth-order valence-corrected chi connectivity index (χ4v) is 6.97. The summed E-state index contributed by atoms with van der Waals surface area (Å²) in [5.74, 6) is -0.524. The van der Waals surface area contributed by atoms with Crippen molar-refractivity contribution in [2.75, 3.05) is 0 Å². The maximum atomic E-state index is 14.0. The number of rotatable bonds is 8. The lowest BCUT2D eigenvalue weighted by atomic mass is 9.43. The largest absolute Gasteiger partial charge is 0.482 e. The molecule has 4 fully saturated rings. The molecule has 38 heavy (non-hydrogen) atoms. The Morgan fingerprint density at radius 3 is 2.53 bits per heavy atom. The Balaban J connectivity index is 1.48. The number of amides is 2. The molecule has 3 aliphatic carbocycles. The maximum absolute atomic E-state index is 14.0. The summed E-state index contributed by atoms with van der Waals surface area (Å²) in [4.78, 5) is 37.5. The predicted molar refractivity (Wildman–Crippen MR) is 145 cm³/mol. The van der Waals surface area contributed by atoms with Gasteiger partial charge in [0.05, 0.1) is 29.9 Å². The highest BCUT2D eigenvalue weighted by Crippen LogP contribution is 2.65. The van der Waals surface area contributed by atoms with E-state index in [0.29, 0.717) is 24.7 Å². The van der Waals surface area contributed by atoms with Crippen LogP contribution in [0.3, 0.4) is 0 Å². The molecule has 3 saturated carbocycles. The number of hydrogen-bond donors (Lipinski definition) is 1. The van der Waals surface area contributed by atoms with Gasteiger partial charge >= 0.3 is 7.12 Å². The van der Waals surface area contributed by atoms with Crippen molar-refractivity contribution in [1.29, 1.82) is 0 Å². The number of nitrogens with zero attached hydrogens (tertiary/aromatic N) is 3. The van der Waals surface area contributed by atoms with Gasteiger partial charge in [-0.2, -0.15) is 0 Å². The molecule has 6 rings (SSSR count). The molecule has 2 amide bonds. The Bertz CT molecular complexity index is 1160. The summed E-state index contributed by atoms with van der Waals surface area (Å²) in [6, 6.07) is 8.67. The number of aromatic nitrogens is 2. The second kappa shape index (κ2) is 10.2. The first-order chi connectivity index (χ1) is 18.0. The Morgan fingerprint density at radius 1 is 1.16 bits per heavy atom. The third-order valence-corrected chi connectivity index (χ3v) is 9.18. The summed E-state index contributed by atoms with van der Waals surface area (Å²) >= 11 is 0. The normalized spacial score (nSPS) is 28.8. The molecule has 4 aliphatic rings. The lowest BCUT2D eigenvalue weighted by molar-refractivity contribution is -0.199. The van der Waals surface area contributed by atoms with Gasteiger partial charge in [-0.1, -0.05) is 58.0 Å². The van der Waals surface area contributed by atoms with Gasteiger partial charge in [-0.3, -0.25) is 19.5 Å². The topological polar surface area (TPSA) is 108 Å². The first-order valence-corrected chi connectivity index (χ1v) is 13.8. The van der Waals surface area contributed by atoms with E-state index in [1.54, 1.807) is 0 Å². The smallest absolute Gasteiger partial charge is 0.404 e. The van der Waals surface area contributed by atoms with Gasteiger partial charge in [0.25, 0.3) is 5.91 Å². The zero-order chi connectivity index (χ0) is 27.2. The average molecular weight is 518 g/mol. The standard InChI is InChI=1S/C29H39BN4O4/c1-18(2)13-25(30-37-24-16-20-15-23(28(20,3)4)29(24,5)38-30)34(27(36)22-17-32-11-12-33-22)26(35)21(31)14-19-9-7-6-8-10-19/h6-12,17-18,20-21,23-25H,13-16,31H2,1-5H3/t20-,21-,23-,24+,25-,29-/m0/s1. The summed E-state index contributed by atoms with van der Waals surface area (Å²) < 4.78 is 13.4. The van der Waals surface area contributed by atoms with Crippen molar-refractivity contribution in [2.24, 2.45) is 28.9 Å². The Morgan fingerprint density at radius 2 is 1.89 bits per heavy atom. The van der Waals surface area contributed by atoms with Crippen LogP contribution < -0.4 is 5.73 Å². The molecule has 1 aliphatic heterocycles. The quantitative estimate of drug-likeness (QED) is 0.531. The Labute approximate surface area is 225 Å².